The summed E-state index contributed by atoms with van der Waals surface area (Å²) >= 11 is 0. The molecule has 0 aliphatic carbocycles. The predicted molar refractivity (Wildman–Crippen MR) is 63.7 cm³/mol. The molecule has 0 fully saturated rings. The minimum atomic E-state index is 0.479. The van der Waals surface area contributed by atoms with Crippen molar-refractivity contribution in [3.05, 3.63) is 0 Å². The van der Waals surface area contributed by atoms with Gasteiger partial charge in [-0.05, 0) is 12.3 Å². The number of unbranched alkanes of at least 4 members (excludes halogenated alkanes) is 1. The summed E-state index contributed by atoms with van der Waals surface area (Å²) in [6.45, 7) is 8.67. The SMILES string of the molecule is CCC#CCC(C)C(C)C#CCCC. The lowest BCUT2D eigenvalue weighted by Crippen LogP contribution is -2.04. The van der Waals surface area contributed by atoms with Gasteiger partial charge < -0.3 is 0 Å². The molecule has 0 aliphatic rings. The fourth-order valence-corrected chi connectivity index (χ4v) is 1.04. The van der Waals surface area contributed by atoms with E-state index in [4.69, 9.17) is 0 Å². The molecular formula is C14H22. The van der Waals surface area contributed by atoms with E-state index in [1.54, 1.807) is 0 Å². The Morgan fingerprint density at radius 3 is 2.29 bits per heavy atom. The predicted octanol–water partition coefficient (Wildman–Crippen LogP) is 3.87. The summed E-state index contributed by atoms with van der Waals surface area (Å²) in [6, 6.07) is 0. The van der Waals surface area contributed by atoms with E-state index in [-0.39, 0.29) is 0 Å². The number of rotatable bonds is 3. The molecular weight excluding hydrogens is 168 g/mol. The van der Waals surface area contributed by atoms with E-state index in [0.717, 1.165) is 25.7 Å². The maximum atomic E-state index is 3.29. The molecule has 0 heterocycles. The van der Waals surface area contributed by atoms with Gasteiger partial charge in [-0.3, -0.25) is 0 Å². The van der Waals surface area contributed by atoms with Crippen LogP contribution in [0.25, 0.3) is 0 Å². The molecule has 0 aliphatic heterocycles. The maximum absolute atomic E-state index is 3.29. The molecule has 0 saturated carbocycles. The first-order chi connectivity index (χ1) is 6.72. The first-order valence-corrected chi connectivity index (χ1v) is 5.66. The van der Waals surface area contributed by atoms with Crippen molar-refractivity contribution in [1.82, 2.24) is 0 Å². The van der Waals surface area contributed by atoms with Gasteiger partial charge in [-0.2, -0.15) is 0 Å². The standard InChI is InChI=1S/C14H22/c1-5-7-9-11-13(3)14(4)12-10-8-6-2/h13-14H,5-7,12H2,1-4H3. The van der Waals surface area contributed by atoms with Crippen LogP contribution in [0.3, 0.4) is 0 Å². The van der Waals surface area contributed by atoms with Crippen LogP contribution < -0.4 is 0 Å². The fourth-order valence-electron chi connectivity index (χ4n) is 1.04. The lowest BCUT2D eigenvalue weighted by Gasteiger charge is -2.10. The van der Waals surface area contributed by atoms with Gasteiger partial charge in [-0.25, -0.2) is 0 Å². The minimum Gasteiger partial charge on any atom is -0.104 e. The molecule has 0 saturated heterocycles. The third-order valence-corrected chi connectivity index (χ3v) is 2.28. The van der Waals surface area contributed by atoms with Crippen LogP contribution in [-0.4, -0.2) is 0 Å². The molecule has 78 valence electrons. The minimum absolute atomic E-state index is 0.479. The highest BCUT2D eigenvalue weighted by Crippen LogP contribution is 2.13. The normalized spacial score (nSPS) is 13.1. The zero-order valence-electron chi connectivity index (χ0n) is 9.98. The van der Waals surface area contributed by atoms with Crippen molar-refractivity contribution in [3.8, 4) is 23.7 Å². The molecule has 0 amide bonds. The molecule has 2 atom stereocenters. The second kappa shape index (κ2) is 8.71. The van der Waals surface area contributed by atoms with Crippen LogP contribution in [0, 0.1) is 35.5 Å². The summed E-state index contributed by atoms with van der Waals surface area (Å²) in [7, 11) is 0. The van der Waals surface area contributed by atoms with Crippen LogP contribution >= 0.6 is 0 Å². The Labute approximate surface area is 89.5 Å². The van der Waals surface area contributed by atoms with Crippen molar-refractivity contribution in [2.45, 2.75) is 53.4 Å². The lowest BCUT2D eigenvalue weighted by molar-refractivity contribution is 0.485. The van der Waals surface area contributed by atoms with Gasteiger partial charge >= 0.3 is 0 Å². The second-order valence-corrected chi connectivity index (χ2v) is 3.75. The van der Waals surface area contributed by atoms with Crippen molar-refractivity contribution in [2.24, 2.45) is 11.8 Å². The van der Waals surface area contributed by atoms with Gasteiger partial charge in [0.2, 0.25) is 0 Å². The monoisotopic (exact) mass is 190 g/mol. The first kappa shape index (κ1) is 13.1. The van der Waals surface area contributed by atoms with Gasteiger partial charge in [0, 0.05) is 25.2 Å². The summed E-state index contributed by atoms with van der Waals surface area (Å²) in [4.78, 5) is 0. The van der Waals surface area contributed by atoms with Crippen LogP contribution in [0.5, 0.6) is 0 Å². The van der Waals surface area contributed by atoms with E-state index >= 15 is 0 Å². The van der Waals surface area contributed by atoms with Gasteiger partial charge in [-0.15, -0.1) is 17.8 Å². The van der Waals surface area contributed by atoms with E-state index < -0.39 is 0 Å². The van der Waals surface area contributed by atoms with Crippen molar-refractivity contribution in [3.63, 3.8) is 0 Å². The van der Waals surface area contributed by atoms with Gasteiger partial charge in [0.15, 0.2) is 0 Å². The highest BCUT2D eigenvalue weighted by atomic mass is 14.1. The van der Waals surface area contributed by atoms with Crippen molar-refractivity contribution in [2.75, 3.05) is 0 Å². The van der Waals surface area contributed by atoms with Gasteiger partial charge in [0.05, 0.1) is 0 Å². The average molecular weight is 190 g/mol. The fraction of sp³-hybridized carbons (Fsp3) is 0.714. The van der Waals surface area contributed by atoms with E-state index in [0.29, 0.717) is 11.8 Å². The van der Waals surface area contributed by atoms with Crippen LogP contribution in [0.1, 0.15) is 53.4 Å². The number of hydrogen-bond donors (Lipinski definition) is 0. The third kappa shape index (κ3) is 6.62. The summed E-state index contributed by atoms with van der Waals surface area (Å²) < 4.78 is 0. The van der Waals surface area contributed by atoms with Crippen molar-refractivity contribution in [1.29, 1.82) is 0 Å². The Balaban J connectivity index is 3.88. The van der Waals surface area contributed by atoms with Crippen LogP contribution in [0.15, 0.2) is 0 Å². The summed E-state index contributed by atoms with van der Waals surface area (Å²) in [5.74, 6) is 13.9. The highest BCUT2D eigenvalue weighted by Gasteiger charge is 2.06. The van der Waals surface area contributed by atoms with Gasteiger partial charge in [-0.1, -0.05) is 33.6 Å². The van der Waals surface area contributed by atoms with Crippen molar-refractivity contribution < 1.29 is 0 Å². The van der Waals surface area contributed by atoms with Crippen LogP contribution in [-0.2, 0) is 0 Å². The maximum Gasteiger partial charge on any atom is 0.0209 e. The highest BCUT2D eigenvalue weighted by molar-refractivity contribution is 5.06. The molecule has 0 bridgehead atoms. The molecule has 0 rings (SSSR count). The molecule has 0 N–H and O–H groups in total. The zero-order valence-corrected chi connectivity index (χ0v) is 9.98. The molecule has 0 radical (unpaired) electrons. The van der Waals surface area contributed by atoms with E-state index in [2.05, 4.69) is 51.4 Å². The molecule has 0 nitrogen and oxygen atoms in total. The first-order valence-electron chi connectivity index (χ1n) is 5.66. The Morgan fingerprint density at radius 1 is 1.00 bits per heavy atom. The smallest absolute Gasteiger partial charge is 0.0209 e. The molecule has 2 unspecified atom stereocenters. The van der Waals surface area contributed by atoms with E-state index in [1.165, 1.54) is 0 Å². The largest absolute Gasteiger partial charge is 0.104 e. The Morgan fingerprint density at radius 2 is 1.71 bits per heavy atom. The molecule has 0 heteroatoms. The average Bonchev–Trinajstić information content (AvgIpc) is 2.18. The molecule has 0 aromatic carbocycles. The number of hydrogen-bond acceptors (Lipinski definition) is 0. The second-order valence-electron chi connectivity index (χ2n) is 3.75. The van der Waals surface area contributed by atoms with Crippen LogP contribution in [0.2, 0.25) is 0 Å². The summed E-state index contributed by atoms with van der Waals surface area (Å²) in [5.41, 5.74) is 0. The van der Waals surface area contributed by atoms with Gasteiger partial charge in [0.1, 0.15) is 0 Å². The summed E-state index contributed by atoms with van der Waals surface area (Å²) in [6.07, 6.45) is 4.12. The third-order valence-electron chi connectivity index (χ3n) is 2.28. The van der Waals surface area contributed by atoms with Gasteiger partial charge in [0.25, 0.3) is 0 Å². The Hall–Kier alpha value is -0.880. The molecule has 0 aromatic heterocycles. The molecule has 14 heavy (non-hydrogen) atoms. The summed E-state index contributed by atoms with van der Waals surface area (Å²) in [5, 5.41) is 0. The quantitative estimate of drug-likeness (QED) is 0.593. The van der Waals surface area contributed by atoms with Crippen molar-refractivity contribution >= 4 is 0 Å². The van der Waals surface area contributed by atoms with Crippen LogP contribution in [0.4, 0.5) is 0 Å². The Bertz CT molecular complexity index is 241. The molecule has 0 aromatic rings. The topological polar surface area (TPSA) is 0 Å². The zero-order chi connectivity index (χ0) is 10.8. The lowest BCUT2D eigenvalue weighted by atomic mass is 9.93. The molecule has 0 spiro atoms. The van der Waals surface area contributed by atoms with E-state index in [1.807, 2.05) is 0 Å². The Kier molecular flexibility index (Phi) is 8.16. The van der Waals surface area contributed by atoms with E-state index in [9.17, 15) is 0 Å².